The fraction of sp³-hybridized carbons (Fsp3) is 0.389. The van der Waals surface area contributed by atoms with Crippen LogP contribution in [0.15, 0.2) is 40.6 Å². The average Bonchev–Trinajstić information content (AvgIpc) is 3.22. The van der Waals surface area contributed by atoms with Crippen LogP contribution in [0.3, 0.4) is 0 Å². The third-order valence-electron chi connectivity index (χ3n) is 5.03. The second-order valence-electron chi connectivity index (χ2n) is 6.93. The van der Waals surface area contributed by atoms with Crippen LogP contribution in [0.25, 0.3) is 10.2 Å². The van der Waals surface area contributed by atoms with E-state index < -0.39 is 17.8 Å². The van der Waals surface area contributed by atoms with Crippen molar-refractivity contribution in [2.75, 3.05) is 38.2 Å². The van der Waals surface area contributed by atoms with E-state index in [4.69, 9.17) is 0 Å². The molecule has 1 aromatic carbocycles. The van der Waals surface area contributed by atoms with Gasteiger partial charge in [-0.1, -0.05) is 23.5 Å². The van der Waals surface area contributed by atoms with Gasteiger partial charge in [0, 0.05) is 5.70 Å². The van der Waals surface area contributed by atoms with Crippen LogP contribution in [0.5, 0.6) is 0 Å². The Labute approximate surface area is 163 Å². The van der Waals surface area contributed by atoms with Crippen molar-refractivity contribution in [2.24, 2.45) is 5.10 Å². The predicted octanol–water partition coefficient (Wildman–Crippen LogP) is 1.67. The van der Waals surface area contributed by atoms with Gasteiger partial charge in [0.1, 0.15) is 0 Å². The molecule has 1 fully saturated rings. The number of amides is 1. The molecule has 28 heavy (non-hydrogen) atoms. The number of carbonyl (C=O) groups is 1. The summed E-state index contributed by atoms with van der Waals surface area (Å²) in [6, 6.07) is 7.15. The molecule has 0 radical (unpaired) electrons. The number of hydrogen-bond acceptors (Lipinski definition) is 5. The maximum Gasteiger partial charge on any atom is 0.436 e. The number of halogens is 3. The van der Waals surface area contributed by atoms with Crippen molar-refractivity contribution < 1.29 is 22.9 Å². The molecule has 3 heterocycles. The molecular formula is C18H19F3N5OS+. The molecule has 1 saturated heterocycles. The van der Waals surface area contributed by atoms with E-state index in [0.29, 0.717) is 24.3 Å². The molecule has 1 aromatic heterocycles. The minimum Gasteiger partial charge on any atom is -0.363 e. The van der Waals surface area contributed by atoms with Crippen LogP contribution in [0.4, 0.5) is 18.3 Å². The number of rotatable bonds is 2. The van der Waals surface area contributed by atoms with E-state index in [9.17, 15) is 18.0 Å². The summed E-state index contributed by atoms with van der Waals surface area (Å²) in [7, 11) is 2.04. The van der Waals surface area contributed by atoms with Gasteiger partial charge in [-0.15, -0.1) is 0 Å². The van der Waals surface area contributed by atoms with E-state index in [2.05, 4.69) is 10.1 Å². The highest BCUT2D eigenvalue weighted by molar-refractivity contribution is 7.22. The van der Waals surface area contributed by atoms with Crippen molar-refractivity contribution in [1.82, 2.24) is 9.88 Å². The molecule has 1 amide bonds. The summed E-state index contributed by atoms with van der Waals surface area (Å²) in [5.41, 5.74) is -0.598. The molecular weight excluding hydrogens is 391 g/mol. The number of carbonyl (C=O) groups excluding carboxylic acids is 1. The maximum absolute atomic E-state index is 13.7. The Balaban J connectivity index is 1.76. The fourth-order valence-electron chi connectivity index (χ4n) is 3.39. The lowest BCUT2D eigenvalue weighted by atomic mass is 10.1. The fourth-order valence-corrected chi connectivity index (χ4v) is 4.31. The van der Waals surface area contributed by atoms with Gasteiger partial charge in [-0.3, -0.25) is 4.79 Å². The molecule has 0 unspecified atom stereocenters. The van der Waals surface area contributed by atoms with E-state index in [1.54, 1.807) is 25.1 Å². The zero-order valence-corrected chi connectivity index (χ0v) is 16.2. The lowest BCUT2D eigenvalue weighted by Crippen LogP contribution is -3.11. The number of nitrogens with zero attached hydrogens (tertiary/aromatic N) is 4. The summed E-state index contributed by atoms with van der Waals surface area (Å²) >= 11 is 1.14. The van der Waals surface area contributed by atoms with E-state index in [0.717, 1.165) is 34.1 Å². The van der Waals surface area contributed by atoms with Gasteiger partial charge in [-0.2, -0.15) is 23.3 Å². The highest BCUT2D eigenvalue weighted by atomic mass is 32.1. The largest absolute Gasteiger partial charge is 0.436 e. The Morgan fingerprint density at radius 3 is 2.54 bits per heavy atom. The first-order valence-electron chi connectivity index (χ1n) is 8.89. The molecule has 1 N–H and O–H groups in total. The van der Waals surface area contributed by atoms with E-state index >= 15 is 0 Å². The number of thiazole rings is 1. The first-order valence-corrected chi connectivity index (χ1v) is 9.70. The van der Waals surface area contributed by atoms with Crippen LogP contribution in [0.1, 0.15) is 6.92 Å². The minimum absolute atomic E-state index is 0.138. The van der Waals surface area contributed by atoms with Gasteiger partial charge in [-0.25, -0.2) is 4.98 Å². The summed E-state index contributed by atoms with van der Waals surface area (Å²) in [6.07, 6.45) is -4.73. The Bertz CT molecular complexity index is 956. The molecule has 148 valence electrons. The molecule has 2 aliphatic heterocycles. The minimum atomic E-state index is -4.73. The third kappa shape index (κ3) is 3.26. The number of aromatic nitrogens is 1. The Morgan fingerprint density at radius 2 is 1.89 bits per heavy atom. The SMILES string of the molecule is C/C(=C1\C(=O)N(c2nc3ccccc3s2)N=C1C(F)(F)F)N1CC[NH+](C)CC1. The predicted molar refractivity (Wildman–Crippen MR) is 101 cm³/mol. The van der Waals surface area contributed by atoms with Crippen LogP contribution < -0.4 is 9.91 Å². The molecule has 0 saturated carbocycles. The number of benzene rings is 1. The van der Waals surface area contributed by atoms with Crippen LogP contribution in [-0.2, 0) is 4.79 Å². The van der Waals surface area contributed by atoms with Crippen LogP contribution in [-0.4, -0.2) is 60.9 Å². The zero-order chi connectivity index (χ0) is 20.1. The normalized spacial score (nSPS) is 20.9. The van der Waals surface area contributed by atoms with E-state index in [1.807, 2.05) is 18.0 Å². The molecule has 0 spiro atoms. The first kappa shape index (κ1) is 18.9. The Hall–Kier alpha value is -2.46. The summed E-state index contributed by atoms with van der Waals surface area (Å²) in [4.78, 5) is 20.4. The Kier molecular flexibility index (Phi) is 4.62. The van der Waals surface area contributed by atoms with Crippen LogP contribution in [0, 0.1) is 0 Å². The van der Waals surface area contributed by atoms with Gasteiger partial charge in [0.25, 0.3) is 5.91 Å². The number of piperazine rings is 1. The van der Waals surface area contributed by atoms with Gasteiger partial charge in [0.05, 0.1) is 49.0 Å². The second-order valence-corrected chi connectivity index (χ2v) is 7.94. The van der Waals surface area contributed by atoms with Gasteiger partial charge in [0.2, 0.25) is 5.13 Å². The van der Waals surface area contributed by atoms with Gasteiger partial charge in [-0.05, 0) is 19.1 Å². The first-order chi connectivity index (χ1) is 13.3. The summed E-state index contributed by atoms with van der Waals surface area (Å²) in [5.74, 6) is -0.782. The topological polar surface area (TPSA) is 53.2 Å². The number of para-hydroxylation sites is 1. The summed E-state index contributed by atoms with van der Waals surface area (Å²) < 4.78 is 41.8. The third-order valence-corrected chi connectivity index (χ3v) is 6.04. The number of nitrogens with one attached hydrogen (secondary N) is 1. The number of hydrazone groups is 1. The number of allylic oxidation sites excluding steroid dienone is 1. The van der Waals surface area contributed by atoms with Crippen molar-refractivity contribution in [3.63, 3.8) is 0 Å². The molecule has 0 bridgehead atoms. The van der Waals surface area contributed by atoms with E-state index in [-0.39, 0.29) is 10.7 Å². The molecule has 10 heteroatoms. The van der Waals surface area contributed by atoms with E-state index in [1.165, 1.54) is 4.90 Å². The van der Waals surface area contributed by atoms with Crippen molar-refractivity contribution in [2.45, 2.75) is 13.1 Å². The highest BCUT2D eigenvalue weighted by Gasteiger charge is 2.49. The summed E-state index contributed by atoms with van der Waals surface area (Å²) in [5, 5.41) is 4.57. The van der Waals surface area contributed by atoms with Crippen molar-refractivity contribution in [1.29, 1.82) is 0 Å². The van der Waals surface area contributed by atoms with Gasteiger partial charge in [0.15, 0.2) is 5.71 Å². The van der Waals surface area contributed by atoms with Crippen molar-refractivity contribution >= 4 is 38.3 Å². The molecule has 0 aliphatic carbocycles. The van der Waals surface area contributed by atoms with Crippen molar-refractivity contribution in [3.8, 4) is 0 Å². The molecule has 2 aromatic rings. The maximum atomic E-state index is 13.7. The summed E-state index contributed by atoms with van der Waals surface area (Å²) in [6.45, 7) is 4.37. The molecule has 4 rings (SSSR count). The van der Waals surface area contributed by atoms with Crippen LogP contribution in [0.2, 0.25) is 0 Å². The highest BCUT2D eigenvalue weighted by Crippen LogP contribution is 2.36. The lowest BCUT2D eigenvalue weighted by Gasteiger charge is -2.33. The number of anilines is 1. The molecule has 2 aliphatic rings. The average molecular weight is 410 g/mol. The second kappa shape index (κ2) is 6.85. The number of likely N-dealkylation sites (N-methyl/N-ethyl adjacent to an activating group) is 1. The smallest absolute Gasteiger partial charge is 0.363 e. The van der Waals surface area contributed by atoms with Gasteiger partial charge >= 0.3 is 6.18 Å². The lowest BCUT2D eigenvalue weighted by molar-refractivity contribution is -0.884. The number of quaternary nitrogens is 1. The monoisotopic (exact) mass is 410 g/mol. The number of hydrogen-bond donors (Lipinski definition) is 1. The zero-order valence-electron chi connectivity index (χ0n) is 15.4. The van der Waals surface area contributed by atoms with Gasteiger partial charge < -0.3 is 9.80 Å². The van der Waals surface area contributed by atoms with Crippen LogP contribution >= 0.6 is 11.3 Å². The number of alkyl halides is 3. The van der Waals surface area contributed by atoms with Crippen molar-refractivity contribution in [3.05, 3.63) is 35.5 Å². The standard InChI is InChI=1S/C18H18F3N5OS/c1-11(25-9-7-24(2)8-10-25)14-15(18(19,20)21)23-26(16(14)27)17-22-12-5-3-4-6-13(12)28-17/h3-6H,7-10H2,1-2H3/p+1/b14-11+. The quantitative estimate of drug-likeness (QED) is 0.767. The molecule has 0 atom stereocenters. The number of fused-ring (bicyclic) bond motifs is 1. The Morgan fingerprint density at radius 1 is 1.21 bits per heavy atom. The molecule has 6 nitrogen and oxygen atoms in total.